The molecule has 0 amide bonds. The third-order valence-corrected chi connectivity index (χ3v) is 9.05. The fraction of sp³-hybridized carbons (Fsp3) is 0.933. The monoisotopic (exact) mass is 617 g/mol. The van der Waals surface area contributed by atoms with Crippen LogP contribution >= 0.6 is 7.37 Å². The first-order valence-corrected chi connectivity index (χ1v) is 17.3. The zero-order chi connectivity index (χ0) is 32.0. The Bertz CT molecular complexity index is 877. The molecule has 1 heterocycles. The second kappa shape index (κ2) is 18.0. The van der Waals surface area contributed by atoms with Gasteiger partial charge in [0.25, 0.3) is 0 Å². The van der Waals surface area contributed by atoms with Crippen LogP contribution in [0.1, 0.15) is 69.2 Å². The molecule has 1 rings (SSSR count). The zero-order valence-electron chi connectivity index (χ0n) is 28.2. The first-order valence-electron chi connectivity index (χ1n) is 15.3. The molecule has 12 heteroatoms. The van der Waals surface area contributed by atoms with Crippen LogP contribution < -0.4 is 0 Å². The molecule has 0 radical (unpaired) electrons. The predicted octanol–water partition coefficient (Wildman–Crippen LogP) is 4.49. The molecule has 0 aromatic rings. The van der Waals surface area contributed by atoms with Crippen molar-refractivity contribution >= 4 is 13.3 Å². The van der Waals surface area contributed by atoms with Gasteiger partial charge < -0.3 is 23.6 Å². The van der Waals surface area contributed by atoms with Crippen molar-refractivity contribution in [2.45, 2.75) is 80.4 Å². The number of nitrogens with zero attached hydrogens (tertiary/aromatic N) is 5. The Morgan fingerprint density at radius 3 is 1.50 bits per heavy atom. The standard InChI is InChI=1S/C30H60N5O6P/c1-12-41-42(37,22-13-31-11)26-35-20-18-32(23-38-27(36)28(2,3)4)14-15-33(24-39-29(5,6)7)16-17-34(19-21-35)25-40-30(8,9)10/h12-26H2,1-10H3. The number of esters is 1. The van der Waals surface area contributed by atoms with Crippen LogP contribution in [0.5, 0.6) is 0 Å². The summed E-state index contributed by atoms with van der Waals surface area (Å²) in [5.74, 6) is -0.243. The molecule has 42 heavy (non-hydrogen) atoms. The second-order valence-electron chi connectivity index (χ2n) is 14.0. The average Bonchev–Trinajstić information content (AvgIpc) is 2.85. The van der Waals surface area contributed by atoms with Gasteiger partial charge in [-0.2, -0.15) is 0 Å². The molecule has 0 bridgehead atoms. The van der Waals surface area contributed by atoms with Gasteiger partial charge in [-0.25, -0.2) is 6.57 Å². The lowest BCUT2D eigenvalue weighted by Crippen LogP contribution is -2.48. The van der Waals surface area contributed by atoms with E-state index in [0.29, 0.717) is 46.2 Å². The highest BCUT2D eigenvalue weighted by atomic mass is 31.2. The van der Waals surface area contributed by atoms with E-state index in [1.807, 2.05) is 27.7 Å². The van der Waals surface area contributed by atoms with Crippen molar-refractivity contribution in [1.82, 2.24) is 19.6 Å². The van der Waals surface area contributed by atoms with E-state index in [-0.39, 0.29) is 42.9 Å². The van der Waals surface area contributed by atoms with E-state index < -0.39 is 12.8 Å². The Morgan fingerprint density at radius 1 is 0.738 bits per heavy atom. The minimum Gasteiger partial charge on any atom is -0.449 e. The Hall–Kier alpha value is -1.09. The molecule has 1 fully saturated rings. The van der Waals surface area contributed by atoms with Gasteiger partial charge in [0.1, 0.15) is 6.73 Å². The van der Waals surface area contributed by atoms with Gasteiger partial charge in [-0.1, -0.05) is 0 Å². The van der Waals surface area contributed by atoms with Gasteiger partial charge in [-0.05, 0) is 69.2 Å². The minimum absolute atomic E-state index is 0.179. The molecular formula is C30H60N5O6P. The highest BCUT2D eigenvalue weighted by molar-refractivity contribution is 7.58. The zero-order valence-corrected chi connectivity index (χ0v) is 29.1. The number of ether oxygens (including phenoxy) is 3. The largest absolute Gasteiger partial charge is 0.449 e. The number of carbonyl (C=O) groups is 1. The van der Waals surface area contributed by atoms with Gasteiger partial charge in [0.15, 0.2) is 0 Å². The first kappa shape index (κ1) is 38.9. The van der Waals surface area contributed by atoms with Crippen LogP contribution in [0.25, 0.3) is 4.85 Å². The van der Waals surface area contributed by atoms with E-state index in [2.05, 4.69) is 66.0 Å². The number of hydrogen-bond acceptors (Lipinski definition) is 10. The summed E-state index contributed by atoms with van der Waals surface area (Å²) in [7, 11) is -3.02. The average molecular weight is 618 g/mol. The van der Waals surface area contributed by atoms with Crippen LogP contribution in [0.2, 0.25) is 0 Å². The molecule has 0 aliphatic carbocycles. The molecule has 1 saturated heterocycles. The molecule has 1 atom stereocenters. The van der Waals surface area contributed by atoms with Gasteiger partial charge >= 0.3 is 5.97 Å². The van der Waals surface area contributed by atoms with Crippen molar-refractivity contribution in [2.75, 3.05) is 98.1 Å². The highest BCUT2D eigenvalue weighted by Gasteiger charge is 2.29. The Kier molecular flexibility index (Phi) is 16.7. The van der Waals surface area contributed by atoms with E-state index >= 15 is 0 Å². The summed E-state index contributed by atoms with van der Waals surface area (Å²) in [5, 5.41) is 0. The van der Waals surface area contributed by atoms with Crippen LogP contribution in [-0.2, 0) is 28.1 Å². The van der Waals surface area contributed by atoms with Gasteiger partial charge in [0.05, 0.1) is 49.1 Å². The molecule has 0 aromatic carbocycles. The second-order valence-corrected chi connectivity index (χ2v) is 16.7. The van der Waals surface area contributed by atoms with Crippen molar-refractivity contribution in [1.29, 1.82) is 0 Å². The first-order chi connectivity index (χ1) is 19.4. The van der Waals surface area contributed by atoms with E-state index in [1.165, 1.54) is 0 Å². The van der Waals surface area contributed by atoms with Gasteiger partial charge in [0.2, 0.25) is 13.9 Å². The maximum atomic E-state index is 13.7. The topological polar surface area (TPSA) is 88.4 Å². The van der Waals surface area contributed by atoms with Crippen LogP contribution in [-0.4, -0.2) is 135 Å². The van der Waals surface area contributed by atoms with Crippen LogP contribution in [0, 0.1) is 12.0 Å². The lowest BCUT2D eigenvalue weighted by Gasteiger charge is -2.36. The molecule has 1 unspecified atom stereocenters. The van der Waals surface area contributed by atoms with Crippen LogP contribution in [0.3, 0.4) is 0 Å². The van der Waals surface area contributed by atoms with E-state index in [1.54, 1.807) is 0 Å². The quantitative estimate of drug-likeness (QED) is 0.177. The molecule has 1 aliphatic rings. The molecule has 246 valence electrons. The number of carbonyl (C=O) groups excluding carboxylic acids is 1. The summed E-state index contributed by atoms with van der Waals surface area (Å²) < 4.78 is 37.5. The summed E-state index contributed by atoms with van der Waals surface area (Å²) in [4.78, 5) is 24.9. The normalized spacial score (nSPS) is 19.8. The summed E-state index contributed by atoms with van der Waals surface area (Å²) in [5.41, 5.74) is -1.12. The number of hydrogen-bond donors (Lipinski definition) is 0. The van der Waals surface area contributed by atoms with Crippen LogP contribution in [0.4, 0.5) is 0 Å². The molecule has 0 spiro atoms. The summed E-state index contributed by atoms with van der Waals surface area (Å²) >= 11 is 0. The predicted molar refractivity (Wildman–Crippen MR) is 169 cm³/mol. The van der Waals surface area contributed by atoms with Crippen molar-refractivity contribution in [2.24, 2.45) is 5.41 Å². The van der Waals surface area contributed by atoms with Gasteiger partial charge in [-0.15, -0.1) is 0 Å². The van der Waals surface area contributed by atoms with Crippen molar-refractivity contribution in [3.63, 3.8) is 0 Å². The smallest absolute Gasteiger partial charge is 0.312 e. The van der Waals surface area contributed by atoms with Crippen molar-refractivity contribution < 1.29 is 28.1 Å². The van der Waals surface area contributed by atoms with Crippen LogP contribution in [0.15, 0.2) is 0 Å². The fourth-order valence-electron chi connectivity index (χ4n) is 3.96. The maximum Gasteiger partial charge on any atom is 0.312 e. The Balaban J connectivity index is 3.21. The molecule has 0 N–H and O–H groups in total. The molecule has 0 saturated carbocycles. The fourth-order valence-corrected chi connectivity index (χ4v) is 6.08. The van der Waals surface area contributed by atoms with Gasteiger partial charge in [0, 0.05) is 52.4 Å². The number of rotatable bonds is 12. The third-order valence-electron chi connectivity index (χ3n) is 6.61. The maximum absolute atomic E-state index is 13.7. The molecular weight excluding hydrogens is 557 g/mol. The van der Waals surface area contributed by atoms with E-state index in [9.17, 15) is 9.36 Å². The molecule has 0 aromatic heterocycles. The Morgan fingerprint density at radius 2 is 1.14 bits per heavy atom. The third kappa shape index (κ3) is 17.9. The van der Waals surface area contributed by atoms with Crippen molar-refractivity contribution in [3.8, 4) is 0 Å². The lowest BCUT2D eigenvalue weighted by molar-refractivity contribution is -0.158. The summed E-state index contributed by atoms with van der Waals surface area (Å²) in [6, 6.07) is 0. The minimum atomic E-state index is -3.02. The lowest BCUT2D eigenvalue weighted by atomic mass is 9.98. The van der Waals surface area contributed by atoms with E-state index in [4.69, 9.17) is 25.3 Å². The highest BCUT2D eigenvalue weighted by Crippen LogP contribution is 2.47. The molecule has 1 aliphatic heterocycles. The molecule has 11 nitrogen and oxygen atoms in total. The van der Waals surface area contributed by atoms with Crippen molar-refractivity contribution in [3.05, 3.63) is 11.4 Å². The summed E-state index contributed by atoms with van der Waals surface area (Å²) in [6.45, 7) is 34.2. The van der Waals surface area contributed by atoms with Gasteiger partial charge in [-0.3, -0.25) is 29.0 Å². The summed E-state index contributed by atoms with van der Waals surface area (Å²) in [6.07, 6.45) is 0.527. The Labute approximate surface area is 256 Å². The SMILES string of the molecule is [C-]#[N+]CCP(=O)(CN1CCN(COC(=O)C(C)(C)C)CCN(COC(C)(C)C)CCN(COC(C)(C)C)CC1)OCC. The van der Waals surface area contributed by atoms with E-state index in [0.717, 1.165) is 26.2 Å².